The predicted octanol–water partition coefficient (Wildman–Crippen LogP) is 1.29. The molecule has 1 aliphatic rings. The molecular weight excluding hydrogens is 254 g/mol. The molecule has 3 N–H and O–H groups in total. The van der Waals surface area contributed by atoms with Gasteiger partial charge in [-0.25, -0.2) is 5.84 Å². The summed E-state index contributed by atoms with van der Waals surface area (Å²) in [6.07, 6.45) is 3.80. The quantitative estimate of drug-likeness (QED) is 0.483. The zero-order valence-electron chi connectivity index (χ0n) is 12.0. The highest BCUT2D eigenvalue weighted by molar-refractivity contribution is 5.93. The maximum atomic E-state index is 11.3. The maximum absolute atomic E-state index is 11.3. The van der Waals surface area contributed by atoms with E-state index in [1.165, 1.54) is 19.3 Å². The third kappa shape index (κ3) is 4.03. The lowest BCUT2D eigenvalue weighted by Crippen LogP contribution is -2.39. The van der Waals surface area contributed by atoms with Gasteiger partial charge in [-0.2, -0.15) is 0 Å². The summed E-state index contributed by atoms with van der Waals surface area (Å²) in [5.74, 6) is 4.81. The molecule has 0 aliphatic carbocycles. The molecule has 1 aromatic carbocycles. The Morgan fingerprint density at radius 3 is 2.80 bits per heavy atom. The molecular formula is C15H23N3O2. The number of amides is 1. The molecule has 0 radical (unpaired) electrons. The fraction of sp³-hybridized carbons (Fsp3) is 0.533. The molecule has 110 valence electrons. The SMILES string of the molecule is CN1CCCCC1COCc1ccc(C(=O)NN)cc1. The molecule has 0 aromatic heterocycles. The van der Waals surface area contributed by atoms with Crippen LogP contribution in [0.2, 0.25) is 0 Å². The van der Waals surface area contributed by atoms with E-state index in [9.17, 15) is 4.79 Å². The first kappa shape index (κ1) is 15.0. The summed E-state index contributed by atoms with van der Waals surface area (Å²) in [4.78, 5) is 13.7. The van der Waals surface area contributed by atoms with Gasteiger partial charge in [-0.1, -0.05) is 18.6 Å². The van der Waals surface area contributed by atoms with Crippen LogP contribution in [0.1, 0.15) is 35.2 Å². The average Bonchev–Trinajstić information content (AvgIpc) is 2.49. The topological polar surface area (TPSA) is 67.6 Å². The summed E-state index contributed by atoms with van der Waals surface area (Å²) in [7, 11) is 2.16. The first-order valence-electron chi connectivity index (χ1n) is 7.08. The van der Waals surface area contributed by atoms with Gasteiger partial charge in [0.2, 0.25) is 0 Å². The fourth-order valence-corrected chi connectivity index (χ4v) is 2.50. The van der Waals surface area contributed by atoms with E-state index in [1.54, 1.807) is 12.1 Å². The summed E-state index contributed by atoms with van der Waals surface area (Å²) in [6.45, 7) is 2.51. The Hall–Kier alpha value is -1.43. The van der Waals surface area contributed by atoms with Crippen LogP contribution in [0.3, 0.4) is 0 Å². The Morgan fingerprint density at radius 2 is 2.15 bits per heavy atom. The van der Waals surface area contributed by atoms with E-state index in [1.807, 2.05) is 12.1 Å². The van der Waals surface area contributed by atoms with Gasteiger partial charge in [0, 0.05) is 11.6 Å². The Morgan fingerprint density at radius 1 is 1.40 bits per heavy atom. The molecule has 1 unspecified atom stereocenters. The van der Waals surface area contributed by atoms with Crippen LogP contribution < -0.4 is 11.3 Å². The first-order valence-corrected chi connectivity index (χ1v) is 7.08. The number of hydrogen-bond acceptors (Lipinski definition) is 4. The molecule has 0 spiro atoms. The molecule has 1 amide bonds. The fourth-order valence-electron chi connectivity index (χ4n) is 2.50. The molecule has 1 atom stereocenters. The van der Waals surface area contributed by atoms with Crippen LogP contribution in [0.25, 0.3) is 0 Å². The van der Waals surface area contributed by atoms with Crippen LogP contribution in [-0.2, 0) is 11.3 Å². The highest BCUT2D eigenvalue weighted by Crippen LogP contribution is 2.15. The number of ether oxygens (including phenoxy) is 1. The van der Waals surface area contributed by atoms with Crippen LogP contribution >= 0.6 is 0 Å². The van der Waals surface area contributed by atoms with Crippen LogP contribution in [0.4, 0.5) is 0 Å². The molecule has 20 heavy (non-hydrogen) atoms. The van der Waals surface area contributed by atoms with E-state index in [-0.39, 0.29) is 5.91 Å². The molecule has 0 saturated carbocycles. The lowest BCUT2D eigenvalue weighted by Gasteiger charge is -2.32. The van der Waals surface area contributed by atoms with E-state index in [0.29, 0.717) is 18.2 Å². The number of nitrogens with two attached hydrogens (primary N) is 1. The van der Waals surface area contributed by atoms with Gasteiger partial charge in [0.05, 0.1) is 13.2 Å². The second kappa shape index (κ2) is 7.38. The van der Waals surface area contributed by atoms with Crippen molar-refractivity contribution in [2.24, 2.45) is 5.84 Å². The lowest BCUT2D eigenvalue weighted by molar-refractivity contribution is 0.0444. The number of likely N-dealkylation sites (N-methyl/N-ethyl adjacent to an activating group) is 1. The van der Waals surface area contributed by atoms with Crippen LogP contribution in [0.5, 0.6) is 0 Å². The van der Waals surface area contributed by atoms with Gasteiger partial charge < -0.3 is 9.64 Å². The smallest absolute Gasteiger partial charge is 0.265 e. The minimum absolute atomic E-state index is 0.277. The molecule has 0 bridgehead atoms. The maximum Gasteiger partial charge on any atom is 0.265 e. The first-order chi connectivity index (χ1) is 9.70. The monoisotopic (exact) mass is 277 g/mol. The highest BCUT2D eigenvalue weighted by Gasteiger charge is 2.18. The number of nitrogens with one attached hydrogen (secondary N) is 1. The number of benzene rings is 1. The number of piperidine rings is 1. The molecule has 1 fully saturated rings. The third-order valence-corrected chi connectivity index (χ3v) is 3.85. The van der Waals surface area contributed by atoms with Crippen LogP contribution in [-0.4, -0.2) is 37.0 Å². The number of hydrazine groups is 1. The number of nitrogens with zero attached hydrogens (tertiary/aromatic N) is 1. The predicted molar refractivity (Wildman–Crippen MR) is 78.0 cm³/mol. The van der Waals surface area contributed by atoms with Gasteiger partial charge in [-0.3, -0.25) is 10.2 Å². The average molecular weight is 277 g/mol. The van der Waals surface area contributed by atoms with Crippen molar-refractivity contribution in [3.8, 4) is 0 Å². The summed E-state index contributed by atoms with van der Waals surface area (Å²) >= 11 is 0. The second-order valence-corrected chi connectivity index (χ2v) is 5.32. The van der Waals surface area contributed by atoms with E-state index < -0.39 is 0 Å². The number of rotatable bonds is 5. The molecule has 5 heteroatoms. The molecule has 5 nitrogen and oxygen atoms in total. The second-order valence-electron chi connectivity index (χ2n) is 5.32. The van der Waals surface area contributed by atoms with Gasteiger partial charge in [-0.05, 0) is 44.1 Å². The number of nitrogen functional groups attached to an aromatic ring is 1. The number of carbonyl (C=O) groups excluding carboxylic acids is 1. The Bertz CT molecular complexity index is 433. The Balaban J connectivity index is 1.77. The van der Waals surface area contributed by atoms with Crippen molar-refractivity contribution in [2.45, 2.75) is 31.9 Å². The van der Waals surface area contributed by atoms with E-state index in [2.05, 4.69) is 17.4 Å². The largest absolute Gasteiger partial charge is 0.375 e. The summed E-state index contributed by atoms with van der Waals surface area (Å²) in [5, 5.41) is 0. The summed E-state index contributed by atoms with van der Waals surface area (Å²) in [6, 6.07) is 7.84. The summed E-state index contributed by atoms with van der Waals surface area (Å²) < 4.78 is 5.79. The van der Waals surface area contributed by atoms with Crippen molar-refractivity contribution in [3.05, 3.63) is 35.4 Å². The van der Waals surface area contributed by atoms with Crippen molar-refractivity contribution in [3.63, 3.8) is 0 Å². The third-order valence-electron chi connectivity index (χ3n) is 3.85. The van der Waals surface area contributed by atoms with Crippen LogP contribution in [0.15, 0.2) is 24.3 Å². The van der Waals surface area contributed by atoms with Gasteiger partial charge in [-0.15, -0.1) is 0 Å². The molecule has 1 saturated heterocycles. The standard InChI is InChI=1S/C15H23N3O2/c1-18-9-3-2-4-14(18)11-20-10-12-5-7-13(8-6-12)15(19)17-16/h5-8,14H,2-4,9-11,16H2,1H3,(H,17,19). The van der Waals surface area contributed by atoms with Crippen molar-refractivity contribution in [2.75, 3.05) is 20.2 Å². The van der Waals surface area contributed by atoms with Gasteiger partial charge in [0.15, 0.2) is 0 Å². The zero-order valence-corrected chi connectivity index (χ0v) is 12.0. The minimum atomic E-state index is -0.277. The number of hydrogen-bond donors (Lipinski definition) is 2. The minimum Gasteiger partial charge on any atom is -0.375 e. The number of carbonyl (C=O) groups is 1. The highest BCUT2D eigenvalue weighted by atomic mass is 16.5. The normalized spacial score (nSPS) is 19.8. The van der Waals surface area contributed by atoms with E-state index in [4.69, 9.17) is 10.6 Å². The van der Waals surface area contributed by atoms with Crippen molar-refractivity contribution >= 4 is 5.91 Å². The van der Waals surface area contributed by atoms with Crippen molar-refractivity contribution in [1.82, 2.24) is 10.3 Å². The van der Waals surface area contributed by atoms with E-state index >= 15 is 0 Å². The van der Waals surface area contributed by atoms with Gasteiger partial charge >= 0.3 is 0 Å². The molecule has 1 aromatic rings. The van der Waals surface area contributed by atoms with Gasteiger partial charge in [0.1, 0.15) is 0 Å². The van der Waals surface area contributed by atoms with Crippen molar-refractivity contribution < 1.29 is 9.53 Å². The summed E-state index contributed by atoms with van der Waals surface area (Å²) in [5.41, 5.74) is 3.74. The van der Waals surface area contributed by atoms with E-state index in [0.717, 1.165) is 18.7 Å². The van der Waals surface area contributed by atoms with Gasteiger partial charge in [0.25, 0.3) is 5.91 Å². The zero-order chi connectivity index (χ0) is 14.4. The Labute approximate surface area is 120 Å². The Kier molecular flexibility index (Phi) is 5.52. The molecule has 1 heterocycles. The molecule has 2 rings (SSSR count). The van der Waals surface area contributed by atoms with Crippen molar-refractivity contribution in [1.29, 1.82) is 0 Å². The number of likely N-dealkylation sites (tertiary alicyclic amines) is 1. The molecule has 1 aliphatic heterocycles. The lowest BCUT2D eigenvalue weighted by atomic mass is 10.0. The van der Waals surface area contributed by atoms with Crippen LogP contribution in [0, 0.1) is 0 Å².